The minimum Gasteiger partial charge on any atom is -0.493 e. The van der Waals surface area contributed by atoms with E-state index in [9.17, 15) is 14.7 Å². The van der Waals surface area contributed by atoms with Gasteiger partial charge in [-0.15, -0.1) is 0 Å². The maximum Gasteiger partial charge on any atom is 0.329 e. The summed E-state index contributed by atoms with van der Waals surface area (Å²) in [4.78, 5) is 23.6. The highest BCUT2D eigenvalue weighted by Crippen LogP contribution is 2.33. The van der Waals surface area contributed by atoms with Crippen molar-refractivity contribution in [1.29, 1.82) is 0 Å². The average molecular weight is 321 g/mol. The number of hydrogen-bond acceptors (Lipinski definition) is 4. The van der Waals surface area contributed by atoms with E-state index >= 15 is 0 Å². The number of carbonyl (C=O) groups excluding carboxylic acids is 1. The quantitative estimate of drug-likeness (QED) is 0.802. The molecule has 6 nitrogen and oxygen atoms in total. The van der Waals surface area contributed by atoms with Gasteiger partial charge in [0.2, 0.25) is 5.91 Å². The van der Waals surface area contributed by atoms with Crippen molar-refractivity contribution in [2.75, 3.05) is 14.2 Å². The number of ether oxygens (including phenoxy) is 2. The smallest absolute Gasteiger partial charge is 0.329 e. The molecule has 2 rings (SSSR count). The van der Waals surface area contributed by atoms with Gasteiger partial charge >= 0.3 is 5.97 Å². The second kappa shape index (κ2) is 6.89. The molecule has 1 atom stereocenters. The Hall–Kier alpha value is -2.24. The van der Waals surface area contributed by atoms with Crippen molar-refractivity contribution >= 4 is 11.9 Å². The summed E-state index contributed by atoms with van der Waals surface area (Å²) in [6, 6.07) is 5.50. The topological polar surface area (TPSA) is 84.9 Å². The number of methoxy groups -OCH3 is 2. The van der Waals surface area contributed by atoms with Crippen LogP contribution < -0.4 is 14.8 Å². The van der Waals surface area contributed by atoms with Crippen LogP contribution in [0.1, 0.15) is 31.7 Å². The number of carboxylic acid groups (broad SMARTS) is 1. The third-order valence-corrected chi connectivity index (χ3v) is 4.42. The second-order valence-corrected chi connectivity index (χ2v) is 6.02. The normalized spacial score (nSPS) is 16.8. The van der Waals surface area contributed by atoms with Gasteiger partial charge in [0.1, 0.15) is 5.54 Å². The molecule has 0 aromatic heterocycles. The van der Waals surface area contributed by atoms with E-state index in [1.807, 2.05) is 12.1 Å². The first-order chi connectivity index (χ1) is 10.9. The Kier molecular flexibility index (Phi) is 5.13. The first kappa shape index (κ1) is 17.1. The number of carboxylic acids is 1. The first-order valence-corrected chi connectivity index (χ1v) is 7.68. The van der Waals surface area contributed by atoms with Crippen LogP contribution in [0.4, 0.5) is 0 Å². The Balaban J connectivity index is 2.02. The van der Waals surface area contributed by atoms with Crippen LogP contribution >= 0.6 is 0 Å². The largest absolute Gasteiger partial charge is 0.493 e. The summed E-state index contributed by atoms with van der Waals surface area (Å²) in [5.74, 6) is -0.270. The van der Waals surface area contributed by atoms with Gasteiger partial charge in [-0.3, -0.25) is 4.79 Å². The summed E-state index contributed by atoms with van der Waals surface area (Å²) >= 11 is 0. The molecule has 1 saturated carbocycles. The molecule has 0 heterocycles. The van der Waals surface area contributed by atoms with Crippen molar-refractivity contribution in [2.45, 2.75) is 38.1 Å². The summed E-state index contributed by atoms with van der Waals surface area (Å²) < 4.78 is 10.4. The zero-order valence-corrected chi connectivity index (χ0v) is 13.7. The zero-order valence-electron chi connectivity index (χ0n) is 13.7. The summed E-state index contributed by atoms with van der Waals surface area (Å²) in [7, 11) is 3.13. The van der Waals surface area contributed by atoms with Crippen molar-refractivity contribution in [3.63, 3.8) is 0 Å². The van der Waals surface area contributed by atoms with E-state index in [0.717, 1.165) is 12.0 Å². The van der Waals surface area contributed by atoms with E-state index in [1.165, 1.54) is 0 Å². The Morgan fingerprint density at radius 2 is 1.91 bits per heavy atom. The van der Waals surface area contributed by atoms with Crippen LogP contribution in [-0.2, 0) is 16.0 Å². The van der Waals surface area contributed by atoms with Gasteiger partial charge in [-0.05, 0) is 43.4 Å². The molecule has 0 aliphatic heterocycles. The Morgan fingerprint density at radius 3 is 2.39 bits per heavy atom. The molecule has 0 saturated heterocycles. The third-order valence-electron chi connectivity index (χ3n) is 4.42. The molecule has 1 unspecified atom stereocenters. The maximum atomic E-state index is 12.3. The lowest BCUT2D eigenvalue weighted by molar-refractivity contribution is -0.152. The van der Waals surface area contributed by atoms with Gasteiger partial charge in [0.15, 0.2) is 11.5 Å². The standard InChI is InChI=1S/C17H23NO5/c1-11(15(19)18-17(16(20)21)7-4-8-17)9-12-5-6-13(22-2)14(10-12)23-3/h5-6,10-11H,4,7-9H2,1-3H3,(H,18,19)(H,20,21). The van der Waals surface area contributed by atoms with Gasteiger partial charge in [0, 0.05) is 5.92 Å². The summed E-state index contributed by atoms with van der Waals surface area (Å²) in [5, 5.41) is 12.0. The minimum atomic E-state index is -1.07. The number of nitrogens with one attached hydrogen (secondary N) is 1. The van der Waals surface area contributed by atoms with Crippen molar-refractivity contribution in [3.8, 4) is 11.5 Å². The summed E-state index contributed by atoms with van der Waals surface area (Å²) in [6.07, 6.45) is 2.33. The van der Waals surface area contributed by atoms with Crippen molar-refractivity contribution < 1.29 is 24.2 Å². The molecule has 1 aliphatic carbocycles. The van der Waals surface area contributed by atoms with E-state index < -0.39 is 11.5 Å². The van der Waals surface area contributed by atoms with Crippen LogP contribution in [0, 0.1) is 5.92 Å². The van der Waals surface area contributed by atoms with Crippen LogP contribution in [0.5, 0.6) is 11.5 Å². The average Bonchev–Trinajstić information content (AvgIpc) is 2.49. The van der Waals surface area contributed by atoms with Gasteiger partial charge in [-0.1, -0.05) is 13.0 Å². The van der Waals surface area contributed by atoms with Gasteiger partial charge in [-0.2, -0.15) is 0 Å². The van der Waals surface area contributed by atoms with Crippen LogP contribution in [0.25, 0.3) is 0 Å². The lowest BCUT2D eigenvalue weighted by Crippen LogP contribution is -2.60. The highest BCUT2D eigenvalue weighted by atomic mass is 16.5. The Labute approximate surface area is 135 Å². The molecule has 1 amide bonds. The Morgan fingerprint density at radius 1 is 1.26 bits per heavy atom. The maximum absolute atomic E-state index is 12.3. The van der Waals surface area contributed by atoms with Crippen molar-refractivity contribution in [2.24, 2.45) is 5.92 Å². The summed E-state index contributed by atoms with van der Waals surface area (Å²) in [6.45, 7) is 1.79. The molecule has 6 heteroatoms. The lowest BCUT2D eigenvalue weighted by atomic mass is 9.76. The molecular weight excluding hydrogens is 298 g/mol. The molecule has 1 fully saturated rings. The molecule has 2 N–H and O–H groups in total. The first-order valence-electron chi connectivity index (χ1n) is 7.68. The molecule has 23 heavy (non-hydrogen) atoms. The predicted molar refractivity (Wildman–Crippen MR) is 84.8 cm³/mol. The SMILES string of the molecule is COc1ccc(CC(C)C(=O)NC2(C(=O)O)CCC2)cc1OC. The van der Waals surface area contributed by atoms with Crippen LogP contribution in [-0.4, -0.2) is 36.7 Å². The third kappa shape index (κ3) is 3.57. The molecule has 0 spiro atoms. The minimum absolute atomic E-state index is 0.234. The van der Waals surface area contributed by atoms with Crippen LogP contribution in [0.15, 0.2) is 18.2 Å². The van der Waals surface area contributed by atoms with E-state index in [2.05, 4.69) is 5.32 Å². The van der Waals surface area contributed by atoms with Crippen molar-refractivity contribution in [3.05, 3.63) is 23.8 Å². The molecular formula is C17H23NO5. The molecule has 1 aromatic carbocycles. The predicted octanol–water partition coefficient (Wildman–Crippen LogP) is 2.01. The monoisotopic (exact) mass is 321 g/mol. The van der Waals surface area contributed by atoms with Gasteiger partial charge < -0.3 is 19.9 Å². The lowest BCUT2D eigenvalue weighted by Gasteiger charge is -2.38. The number of hydrogen-bond donors (Lipinski definition) is 2. The highest BCUT2D eigenvalue weighted by Gasteiger charge is 2.46. The van der Waals surface area contributed by atoms with Crippen LogP contribution in [0.3, 0.4) is 0 Å². The highest BCUT2D eigenvalue weighted by molar-refractivity contribution is 5.88. The van der Waals surface area contributed by atoms with E-state index in [4.69, 9.17) is 9.47 Å². The van der Waals surface area contributed by atoms with E-state index in [0.29, 0.717) is 30.8 Å². The fraction of sp³-hybridized carbons (Fsp3) is 0.529. The number of benzene rings is 1. The van der Waals surface area contributed by atoms with E-state index in [1.54, 1.807) is 27.2 Å². The molecule has 1 aliphatic rings. The fourth-order valence-electron chi connectivity index (χ4n) is 2.74. The molecule has 126 valence electrons. The van der Waals surface area contributed by atoms with Gasteiger partial charge in [-0.25, -0.2) is 4.79 Å². The number of aliphatic carboxylic acids is 1. The molecule has 0 radical (unpaired) electrons. The molecule has 0 bridgehead atoms. The van der Waals surface area contributed by atoms with Crippen LogP contribution in [0.2, 0.25) is 0 Å². The van der Waals surface area contributed by atoms with Crippen molar-refractivity contribution in [1.82, 2.24) is 5.32 Å². The zero-order chi connectivity index (χ0) is 17.0. The number of rotatable bonds is 7. The van der Waals surface area contributed by atoms with Gasteiger partial charge in [0.25, 0.3) is 0 Å². The number of amides is 1. The second-order valence-electron chi connectivity index (χ2n) is 6.02. The van der Waals surface area contributed by atoms with E-state index in [-0.39, 0.29) is 11.8 Å². The molecule has 1 aromatic rings. The summed E-state index contributed by atoms with van der Waals surface area (Å²) in [5.41, 5.74) is -0.133. The Bertz CT molecular complexity index is 595. The number of carbonyl (C=O) groups is 2. The van der Waals surface area contributed by atoms with Gasteiger partial charge in [0.05, 0.1) is 14.2 Å². The fourth-order valence-corrected chi connectivity index (χ4v) is 2.74.